The molecular formula is C8H16NO2. The molecule has 0 aliphatic rings. The maximum atomic E-state index is 10.9. The molecule has 1 radical (unpaired) electrons. The minimum Gasteiger partial charge on any atom is -0.465 e. The summed E-state index contributed by atoms with van der Waals surface area (Å²) in [6.45, 7) is 7.88. The van der Waals surface area contributed by atoms with Crippen LogP contribution in [0, 0.1) is 6.54 Å². The molecule has 1 atom stereocenters. The van der Waals surface area contributed by atoms with Gasteiger partial charge in [-0.25, -0.2) is 0 Å². The van der Waals surface area contributed by atoms with Gasteiger partial charge >= 0.3 is 5.97 Å². The van der Waals surface area contributed by atoms with E-state index in [0.717, 1.165) is 6.42 Å². The average molecular weight is 158 g/mol. The van der Waals surface area contributed by atoms with Crippen molar-refractivity contribution in [2.45, 2.75) is 33.2 Å². The van der Waals surface area contributed by atoms with Gasteiger partial charge in [0.05, 0.1) is 6.61 Å². The van der Waals surface area contributed by atoms with E-state index in [1.165, 1.54) is 0 Å². The Kier molecular flexibility index (Phi) is 5.84. The van der Waals surface area contributed by atoms with Crippen molar-refractivity contribution in [1.29, 1.82) is 0 Å². The lowest BCUT2D eigenvalue weighted by atomic mass is 10.3. The van der Waals surface area contributed by atoms with Gasteiger partial charge in [0.2, 0.25) is 0 Å². The second kappa shape index (κ2) is 6.16. The molecule has 0 aliphatic carbocycles. The van der Waals surface area contributed by atoms with E-state index in [0.29, 0.717) is 6.61 Å². The predicted molar refractivity (Wildman–Crippen MR) is 43.8 cm³/mol. The van der Waals surface area contributed by atoms with Crippen molar-refractivity contribution in [2.24, 2.45) is 0 Å². The molecule has 65 valence electrons. The van der Waals surface area contributed by atoms with Crippen LogP contribution in [0.4, 0.5) is 0 Å². The highest BCUT2D eigenvalue weighted by molar-refractivity contribution is 5.75. The highest BCUT2D eigenvalue weighted by atomic mass is 16.5. The lowest BCUT2D eigenvalue weighted by molar-refractivity contribution is -0.144. The molecule has 11 heavy (non-hydrogen) atoms. The maximum absolute atomic E-state index is 10.9. The Balaban J connectivity index is 3.46. The van der Waals surface area contributed by atoms with Crippen molar-refractivity contribution < 1.29 is 9.53 Å². The Morgan fingerprint density at radius 1 is 1.64 bits per heavy atom. The molecule has 0 amide bonds. The molecule has 0 bridgehead atoms. The molecule has 0 spiro atoms. The minimum absolute atomic E-state index is 0.197. The van der Waals surface area contributed by atoms with Crippen LogP contribution in [0.15, 0.2) is 0 Å². The van der Waals surface area contributed by atoms with Crippen LogP contribution in [0.5, 0.6) is 0 Å². The van der Waals surface area contributed by atoms with Crippen LogP contribution >= 0.6 is 0 Å². The van der Waals surface area contributed by atoms with Crippen molar-refractivity contribution in [3.8, 4) is 0 Å². The van der Waals surface area contributed by atoms with E-state index in [4.69, 9.17) is 4.74 Å². The molecule has 3 nitrogen and oxygen atoms in total. The third-order valence-corrected chi connectivity index (χ3v) is 1.21. The molecule has 0 fully saturated rings. The zero-order valence-corrected chi connectivity index (χ0v) is 7.39. The van der Waals surface area contributed by atoms with Crippen LogP contribution < -0.4 is 5.32 Å². The Labute approximate surface area is 68.1 Å². The van der Waals surface area contributed by atoms with Gasteiger partial charge in [-0.3, -0.25) is 4.79 Å². The van der Waals surface area contributed by atoms with Gasteiger partial charge in [0, 0.05) is 6.54 Å². The summed E-state index contributed by atoms with van der Waals surface area (Å²) < 4.78 is 4.78. The average Bonchev–Trinajstić information content (AvgIpc) is 2.00. The fourth-order valence-electron chi connectivity index (χ4n) is 0.630. The summed E-state index contributed by atoms with van der Waals surface area (Å²) >= 11 is 0. The highest BCUT2D eigenvalue weighted by Crippen LogP contribution is 1.89. The second-order valence-corrected chi connectivity index (χ2v) is 2.25. The standard InChI is InChI=1S/C8H16NO2/c1-4-6-9-7(3)8(10)11-5-2/h6-7,9H,4-5H2,1-3H3. The van der Waals surface area contributed by atoms with Gasteiger partial charge in [-0.2, -0.15) is 0 Å². The molecular weight excluding hydrogens is 142 g/mol. The van der Waals surface area contributed by atoms with Gasteiger partial charge in [0.1, 0.15) is 6.04 Å². The number of nitrogens with one attached hydrogen (secondary N) is 1. The normalized spacial score (nSPS) is 12.6. The summed E-state index contributed by atoms with van der Waals surface area (Å²) in [5.74, 6) is -0.197. The first-order chi connectivity index (χ1) is 5.22. The van der Waals surface area contributed by atoms with E-state index in [-0.39, 0.29) is 12.0 Å². The zero-order valence-electron chi connectivity index (χ0n) is 7.39. The number of esters is 1. The summed E-state index contributed by atoms with van der Waals surface area (Å²) in [6.07, 6.45) is 0.906. The molecule has 1 unspecified atom stereocenters. The quantitative estimate of drug-likeness (QED) is 0.609. The molecule has 1 N–H and O–H groups in total. The van der Waals surface area contributed by atoms with Gasteiger partial charge in [0.15, 0.2) is 0 Å². The lowest BCUT2D eigenvalue weighted by Crippen LogP contribution is -2.33. The Morgan fingerprint density at radius 3 is 2.73 bits per heavy atom. The topological polar surface area (TPSA) is 38.3 Å². The number of hydrogen-bond donors (Lipinski definition) is 1. The van der Waals surface area contributed by atoms with Crippen molar-refractivity contribution in [1.82, 2.24) is 5.32 Å². The van der Waals surface area contributed by atoms with E-state index in [1.54, 1.807) is 13.8 Å². The lowest BCUT2D eigenvalue weighted by Gasteiger charge is -2.10. The molecule has 0 aromatic heterocycles. The fourth-order valence-corrected chi connectivity index (χ4v) is 0.630. The number of hydrogen-bond acceptors (Lipinski definition) is 3. The first-order valence-electron chi connectivity index (χ1n) is 3.96. The Morgan fingerprint density at radius 2 is 2.27 bits per heavy atom. The number of ether oxygens (including phenoxy) is 1. The summed E-state index contributed by atoms with van der Waals surface area (Å²) in [7, 11) is 0. The largest absolute Gasteiger partial charge is 0.465 e. The highest BCUT2D eigenvalue weighted by Gasteiger charge is 2.11. The maximum Gasteiger partial charge on any atom is 0.322 e. The predicted octanol–water partition coefficient (Wildman–Crippen LogP) is 1.10. The van der Waals surface area contributed by atoms with E-state index < -0.39 is 0 Å². The van der Waals surface area contributed by atoms with Crippen molar-refractivity contribution in [3.05, 3.63) is 6.54 Å². The third-order valence-electron chi connectivity index (χ3n) is 1.21. The summed E-state index contributed by atoms with van der Waals surface area (Å²) in [5.41, 5.74) is 0. The van der Waals surface area contributed by atoms with E-state index >= 15 is 0 Å². The molecule has 3 heteroatoms. The van der Waals surface area contributed by atoms with Crippen LogP contribution in [-0.2, 0) is 9.53 Å². The summed E-state index contributed by atoms with van der Waals surface area (Å²) in [4.78, 5) is 10.9. The van der Waals surface area contributed by atoms with E-state index in [9.17, 15) is 4.79 Å². The summed E-state index contributed by atoms with van der Waals surface area (Å²) in [6, 6.07) is -0.227. The van der Waals surface area contributed by atoms with Crippen molar-refractivity contribution >= 4 is 5.97 Å². The van der Waals surface area contributed by atoms with Crippen LogP contribution in [0.25, 0.3) is 0 Å². The first-order valence-corrected chi connectivity index (χ1v) is 3.96. The van der Waals surface area contributed by atoms with Gasteiger partial charge in [-0.15, -0.1) is 0 Å². The fraction of sp³-hybridized carbons (Fsp3) is 0.750. The van der Waals surface area contributed by atoms with Crippen molar-refractivity contribution in [2.75, 3.05) is 6.61 Å². The van der Waals surface area contributed by atoms with Gasteiger partial charge in [0.25, 0.3) is 0 Å². The zero-order chi connectivity index (χ0) is 8.69. The van der Waals surface area contributed by atoms with Gasteiger partial charge in [-0.05, 0) is 20.3 Å². The molecule has 0 heterocycles. The molecule has 0 rings (SSSR count). The van der Waals surface area contributed by atoms with Crippen LogP contribution in [0.3, 0.4) is 0 Å². The molecule has 0 aromatic carbocycles. The SMILES string of the molecule is CC[CH]NC(C)C(=O)OCC. The van der Waals surface area contributed by atoms with Crippen LogP contribution in [0.1, 0.15) is 27.2 Å². The second-order valence-electron chi connectivity index (χ2n) is 2.25. The van der Waals surface area contributed by atoms with E-state index in [2.05, 4.69) is 5.32 Å². The number of carbonyl (C=O) groups excluding carboxylic acids is 1. The molecule has 0 aromatic rings. The Hall–Kier alpha value is -0.570. The molecule has 0 aliphatic heterocycles. The minimum atomic E-state index is -0.227. The number of carbonyl (C=O) groups is 1. The third kappa shape index (κ3) is 4.79. The monoisotopic (exact) mass is 158 g/mol. The van der Waals surface area contributed by atoms with Crippen LogP contribution in [-0.4, -0.2) is 18.6 Å². The van der Waals surface area contributed by atoms with Gasteiger partial charge in [-0.1, -0.05) is 6.92 Å². The van der Waals surface area contributed by atoms with Crippen molar-refractivity contribution in [3.63, 3.8) is 0 Å². The van der Waals surface area contributed by atoms with E-state index in [1.807, 2.05) is 13.5 Å². The smallest absolute Gasteiger partial charge is 0.322 e. The molecule has 0 saturated carbocycles. The first kappa shape index (κ1) is 10.4. The van der Waals surface area contributed by atoms with Crippen LogP contribution in [0.2, 0.25) is 0 Å². The molecule has 0 saturated heterocycles. The summed E-state index contributed by atoms with van der Waals surface area (Å²) in [5, 5.41) is 2.92. The number of rotatable bonds is 5. The van der Waals surface area contributed by atoms with Gasteiger partial charge < -0.3 is 10.1 Å². The Bertz CT molecular complexity index is 115.